The van der Waals surface area contributed by atoms with E-state index in [2.05, 4.69) is 29.7 Å². The standard InChI is InChI=1S/C15H16N2/c1-5-7-9-14(12(3)6-2)17-15-10-8-11-16-13(15)4/h5-11H,1-3H2,4H3/b9-7-,17-14?. The minimum Gasteiger partial charge on any atom is -0.259 e. The Labute approximate surface area is 102 Å². The molecule has 0 aliphatic carbocycles. The zero-order valence-corrected chi connectivity index (χ0v) is 10.1. The fraction of sp³-hybridized carbons (Fsp3) is 0.0667. The lowest BCUT2D eigenvalue weighted by Crippen LogP contribution is -1.95. The number of aliphatic imine (C=N–C) groups is 1. The third-order valence-electron chi connectivity index (χ3n) is 2.19. The molecule has 2 heteroatoms. The van der Waals surface area contributed by atoms with Crippen molar-refractivity contribution in [1.82, 2.24) is 4.98 Å². The summed E-state index contributed by atoms with van der Waals surface area (Å²) in [6, 6.07) is 3.78. The Morgan fingerprint density at radius 1 is 1.41 bits per heavy atom. The van der Waals surface area contributed by atoms with Gasteiger partial charge in [0.15, 0.2) is 0 Å². The van der Waals surface area contributed by atoms with Gasteiger partial charge in [0.2, 0.25) is 0 Å². The molecule has 0 amide bonds. The predicted molar refractivity (Wildman–Crippen MR) is 74.7 cm³/mol. The third kappa shape index (κ3) is 3.68. The number of hydrogen-bond donors (Lipinski definition) is 0. The van der Waals surface area contributed by atoms with E-state index < -0.39 is 0 Å². The van der Waals surface area contributed by atoms with Gasteiger partial charge in [-0.15, -0.1) is 0 Å². The van der Waals surface area contributed by atoms with Crippen LogP contribution >= 0.6 is 0 Å². The zero-order valence-electron chi connectivity index (χ0n) is 10.1. The Hall–Kier alpha value is -2.22. The second-order valence-corrected chi connectivity index (χ2v) is 3.43. The molecule has 0 aromatic carbocycles. The lowest BCUT2D eigenvalue weighted by molar-refractivity contribution is 1.19. The van der Waals surface area contributed by atoms with Crippen molar-refractivity contribution in [2.24, 2.45) is 4.99 Å². The van der Waals surface area contributed by atoms with Gasteiger partial charge in [0, 0.05) is 6.20 Å². The Bertz CT molecular complexity index is 493. The van der Waals surface area contributed by atoms with Crippen molar-refractivity contribution < 1.29 is 0 Å². The summed E-state index contributed by atoms with van der Waals surface area (Å²) in [6.45, 7) is 13.1. The summed E-state index contributed by atoms with van der Waals surface area (Å²) in [6.07, 6.45) is 8.79. The van der Waals surface area contributed by atoms with Crippen LogP contribution in [-0.2, 0) is 0 Å². The van der Waals surface area contributed by atoms with Gasteiger partial charge in [-0.3, -0.25) is 4.98 Å². The van der Waals surface area contributed by atoms with Gasteiger partial charge in [0.05, 0.1) is 17.1 Å². The summed E-state index contributed by atoms with van der Waals surface area (Å²) in [4.78, 5) is 8.71. The Morgan fingerprint density at radius 3 is 2.76 bits per heavy atom. The Morgan fingerprint density at radius 2 is 2.18 bits per heavy atom. The molecule has 0 atom stereocenters. The van der Waals surface area contributed by atoms with Crippen molar-refractivity contribution in [3.63, 3.8) is 0 Å². The van der Waals surface area contributed by atoms with Crippen LogP contribution in [-0.4, -0.2) is 10.7 Å². The number of pyridine rings is 1. The second kappa shape index (κ2) is 6.38. The fourth-order valence-corrected chi connectivity index (χ4v) is 1.20. The number of aryl methyl sites for hydroxylation is 1. The maximum absolute atomic E-state index is 4.52. The van der Waals surface area contributed by atoms with Gasteiger partial charge in [0.25, 0.3) is 0 Å². The lowest BCUT2D eigenvalue weighted by atomic mass is 10.1. The third-order valence-corrected chi connectivity index (χ3v) is 2.19. The molecule has 1 aromatic rings. The molecule has 1 rings (SSSR count). The highest BCUT2D eigenvalue weighted by Crippen LogP contribution is 2.17. The number of nitrogens with zero attached hydrogens (tertiary/aromatic N) is 2. The SMILES string of the molecule is C=C/C=C\C(=Nc1cccnc1C)C(=C)C=C. The summed E-state index contributed by atoms with van der Waals surface area (Å²) >= 11 is 0. The van der Waals surface area contributed by atoms with Gasteiger partial charge < -0.3 is 0 Å². The van der Waals surface area contributed by atoms with Crippen LogP contribution in [0.5, 0.6) is 0 Å². The van der Waals surface area contributed by atoms with Gasteiger partial charge in [-0.25, -0.2) is 4.99 Å². The maximum atomic E-state index is 4.52. The van der Waals surface area contributed by atoms with Crippen molar-refractivity contribution >= 4 is 11.4 Å². The minimum absolute atomic E-state index is 0.760. The van der Waals surface area contributed by atoms with Crippen LogP contribution in [0.15, 0.2) is 72.9 Å². The normalized spacial score (nSPS) is 11.5. The average Bonchev–Trinajstić information content (AvgIpc) is 2.35. The van der Waals surface area contributed by atoms with E-state index in [0.29, 0.717) is 0 Å². The van der Waals surface area contributed by atoms with E-state index in [4.69, 9.17) is 0 Å². The number of allylic oxidation sites excluding steroid dienone is 5. The molecule has 0 bridgehead atoms. The van der Waals surface area contributed by atoms with Crippen LogP contribution in [0.1, 0.15) is 5.69 Å². The largest absolute Gasteiger partial charge is 0.259 e. The highest BCUT2D eigenvalue weighted by atomic mass is 14.8. The maximum Gasteiger partial charge on any atom is 0.0849 e. The van der Waals surface area contributed by atoms with Crippen molar-refractivity contribution in [1.29, 1.82) is 0 Å². The van der Waals surface area contributed by atoms with Crippen molar-refractivity contribution in [2.75, 3.05) is 0 Å². The molecule has 0 saturated heterocycles. The van der Waals surface area contributed by atoms with E-state index in [1.807, 2.05) is 31.2 Å². The number of rotatable bonds is 5. The van der Waals surface area contributed by atoms with Crippen molar-refractivity contribution in [2.45, 2.75) is 6.92 Å². The number of aromatic nitrogens is 1. The molecule has 2 nitrogen and oxygen atoms in total. The van der Waals surface area contributed by atoms with Gasteiger partial charge in [-0.1, -0.05) is 38.0 Å². The Kier molecular flexibility index (Phi) is 4.82. The summed E-state index contributed by atoms with van der Waals surface area (Å²) in [5.41, 5.74) is 3.25. The summed E-state index contributed by atoms with van der Waals surface area (Å²) in [5, 5.41) is 0. The summed E-state index contributed by atoms with van der Waals surface area (Å²) in [5.74, 6) is 0. The minimum atomic E-state index is 0.760. The number of hydrogen-bond acceptors (Lipinski definition) is 2. The van der Waals surface area contributed by atoms with E-state index in [0.717, 1.165) is 22.7 Å². The van der Waals surface area contributed by atoms with Crippen molar-refractivity contribution in [3.05, 3.63) is 73.6 Å². The van der Waals surface area contributed by atoms with E-state index in [1.165, 1.54) is 0 Å². The van der Waals surface area contributed by atoms with Crippen LogP contribution in [0.3, 0.4) is 0 Å². The second-order valence-electron chi connectivity index (χ2n) is 3.43. The molecular formula is C15H16N2. The average molecular weight is 224 g/mol. The molecule has 0 radical (unpaired) electrons. The van der Waals surface area contributed by atoms with E-state index >= 15 is 0 Å². The fourth-order valence-electron chi connectivity index (χ4n) is 1.20. The monoisotopic (exact) mass is 224 g/mol. The lowest BCUT2D eigenvalue weighted by Gasteiger charge is -2.03. The first-order chi connectivity index (χ1) is 8.19. The molecular weight excluding hydrogens is 208 g/mol. The quantitative estimate of drug-likeness (QED) is 0.549. The molecule has 0 spiro atoms. The topological polar surface area (TPSA) is 25.2 Å². The van der Waals surface area contributed by atoms with Gasteiger partial charge in [-0.05, 0) is 30.7 Å². The first kappa shape index (κ1) is 12.8. The molecule has 1 heterocycles. The van der Waals surface area contributed by atoms with Gasteiger partial charge in [0.1, 0.15) is 0 Å². The molecule has 0 unspecified atom stereocenters. The molecule has 0 N–H and O–H groups in total. The highest BCUT2D eigenvalue weighted by molar-refractivity contribution is 6.11. The zero-order chi connectivity index (χ0) is 12.7. The predicted octanol–water partition coefficient (Wildman–Crippen LogP) is 3.95. The molecule has 0 aliphatic rings. The smallest absolute Gasteiger partial charge is 0.0849 e. The van der Waals surface area contributed by atoms with Crippen molar-refractivity contribution in [3.8, 4) is 0 Å². The summed E-state index contributed by atoms with van der Waals surface area (Å²) in [7, 11) is 0. The molecule has 0 saturated carbocycles. The first-order valence-electron chi connectivity index (χ1n) is 5.30. The van der Waals surface area contributed by atoms with E-state index in [9.17, 15) is 0 Å². The van der Waals surface area contributed by atoms with Crippen LogP contribution in [0.4, 0.5) is 5.69 Å². The molecule has 86 valence electrons. The highest BCUT2D eigenvalue weighted by Gasteiger charge is 2.00. The molecule has 17 heavy (non-hydrogen) atoms. The van der Waals surface area contributed by atoms with Crippen LogP contribution < -0.4 is 0 Å². The van der Waals surface area contributed by atoms with E-state index in [-0.39, 0.29) is 0 Å². The van der Waals surface area contributed by atoms with Gasteiger partial charge >= 0.3 is 0 Å². The van der Waals surface area contributed by atoms with Crippen LogP contribution in [0.2, 0.25) is 0 Å². The van der Waals surface area contributed by atoms with Crippen LogP contribution in [0.25, 0.3) is 0 Å². The Balaban J connectivity index is 3.18. The van der Waals surface area contributed by atoms with Crippen LogP contribution in [0, 0.1) is 6.92 Å². The molecule has 0 fully saturated rings. The summed E-state index contributed by atoms with van der Waals surface area (Å²) < 4.78 is 0. The van der Waals surface area contributed by atoms with Gasteiger partial charge in [-0.2, -0.15) is 0 Å². The molecule has 0 aliphatic heterocycles. The first-order valence-corrected chi connectivity index (χ1v) is 5.30. The molecule has 1 aromatic heterocycles. The van der Waals surface area contributed by atoms with E-state index in [1.54, 1.807) is 18.3 Å².